The van der Waals surface area contributed by atoms with Crippen LogP contribution in [0.5, 0.6) is 11.8 Å². The zero-order valence-corrected chi connectivity index (χ0v) is 17.9. The number of hydrogen-bond acceptors (Lipinski definition) is 7. The maximum absolute atomic E-state index is 13.3. The van der Waals surface area contributed by atoms with Gasteiger partial charge in [-0.25, -0.2) is 18.6 Å². The molecule has 0 bridgehead atoms. The number of pyridine rings is 1. The number of aromatic nitrogens is 2. The van der Waals surface area contributed by atoms with Crippen LogP contribution in [0.15, 0.2) is 18.3 Å². The van der Waals surface area contributed by atoms with Crippen LogP contribution in [-0.2, 0) is 5.54 Å². The lowest BCUT2D eigenvalue weighted by atomic mass is 10.1. The smallest absolute Gasteiger partial charge is 0.414 e. The van der Waals surface area contributed by atoms with Crippen molar-refractivity contribution in [1.29, 1.82) is 0 Å². The summed E-state index contributed by atoms with van der Waals surface area (Å²) in [7, 11) is 0. The van der Waals surface area contributed by atoms with Crippen LogP contribution in [0.3, 0.4) is 0 Å². The lowest BCUT2D eigenvalue weighted by Gasteiger charge is -2.40. The minimum atomic E-state index is -2.71. The number of carbonyl (C=O) groups is 1. The molecule has 3 heterocycles. The molecular formula is C20H24F2N4O3S. The Hall–Kier alpha value is -2.49. The second kappa shape index (κ2) is 7.64. The molecule has 2 fully saturated rings. The first kappa shape index (κ1) is 20.8. The van der Waals surface area contributed by atoms with E-state index in [1.165, 1.54) is 22.3 Å². The Labute approximate surface area is 177 Å². The Morgan fingerprint density at radius 2 is 2.10 bits per heavy atom. The van der Waals surface area contributed by atoms with Crippen molar-refractivity contribution in [2.24, 2.45) is 5.92 Å². The number of ether oxygens (including phenoxy) is 2. The highest BCUT2D eigenvalue weighted by Gasteiger charge is 2.45. The molecule has 1 amide bonds. The normalized spacial score (nSPS) is 18.0. The van der Waals surface area contributed by atoms with Gasteiger partial charge in [0.2, 0.25) is 11.8 Å². The van der Waals surface area contributed by atoms with Gasteiger partial charge >= 0.3 is 6.09 Å². The van der Waals surface area contributed by atoms with Crippen LogP contribution in [0.2, 0.25) is 0 Å². The van der Waals surface area contributed by atoms with Crippen molar-refractivity contribution in [3.05, 3.63) is 28.2 Å². The highest BCUT2D eigenvalue weighted by atomic mass is 32.1. The monoisotopic (exact) mass is 438 g/mol. The SMILES string of the molecule is Cc1cnc(C(C)(C)NC(=O)Oc2ccc(N3CC(F)(F)C3)c(OCC3CC3)n2)s1. The largest absolute Gasteiger partial charge is 0.476 e. The Bertz CT molecular complexity index is 938. The molecule has 162 valence electrons. The summed E-state index contributed by atoms with van der Waals surface area (Å²) in [6, 6.07) is 3.08. The average Bonchev–Trinajstić information content (AvgIpc) is 3.35. The molecule has 1 aliphatic carbocycles. The van der Waals surface area contributed by atoms with Crippen molar-refractivity contribution in [2.75, 3.05) is 24.6 Å². The van der Waals surface area contributed by atoms with E-state index >= 15 is 0 Å². The van der Waals surface area contributed by atoms with E-state index in [1.807, 2.05) is 20.8 Å². The van der Waals surface area contributed by atoms with Crippen molar-refractivity contribution in [1.82, 2.24) is 15.3 Å². The molecule has 0 radical (unpaired) electrons. The molecule has 1 saturated carbocycles. The Morgan fingerprint density at radius 1 is 1.37 bits per heavy atom. The molecule has 2 aromatic heterocycles. The molecule has 1 N–H and O–H groups in total. The number of carbonyl (C=O) groups excluding carboxylic acids is 1. The number of nitrogens with zero attached hydrogens (tertiary/aromatic N) is 3. The number of amides is 1. The number of rotatable bonds is 7. The van der Waals surface area contributed by atoms with E-state index in [2.05, 4.69) is 15.3 Å². The van der Waals surface area contributed by atoms with Crippen LogP contribution >= 0.6 is 11.3 Å². The fourth-order valence-electron chi connectivity index (χ4n) is 3.06. The van der Waals surface area contributed by atoms with Gasteiger partial charge in [0, 0.05) is 17.1 Å². The van der Waals surface area contributed by atoms with E-state index < -0.39 is 17.6 Å². The standard InChI is InChI=1S/C20H24F2N4O3S/c1-12-8-23-17(30-12)19(2,3)25-18(27)29-15-7-6-14(26-10-20(21,22)11-26)16(24-15)28-9-13-4-5-13/h6-8,13H,4-5,9-11H2,1-3H3,(H,25,27). The fraction of sp³-hybridized carbons (Fsp3) is 0.550. The number of thiazole rings is 1. The van der Waals surface area contributed by atoms with Gasteiger partial charge < -0.3 is 19.7 Å². The summed E-state index contributed by atoms with van der Waals surface area (Å²) >= 11 is 1.49. The molecule has 0 atom stereocenters. The molecule has 4 rings (SSSR count). The molecule has 0 aromatic carbocycles. The predicted octanol–water partition coefficient (Wildman–Crippen LogP) is 4.11. The van der Waals surface area contributed by atoms with Crippen molar-refractivity contribution >= 4 is 23.1 Å². The van der Waals surface area contributed by atoms with Gasteiger partial charge in [-0.3, -0.25) is 0 Å². The summed E-state index contributed by atoms with van der Waals surface area (Å²) in [6.45, 7) is 5.32. The van der Waals surface area contributed by atoms with Crippen LogP contribution < -0.4 is 19.7 Å². The van der Waals surface area contributed by atoms with Gasteiger partial charge in [0.25, 0.3) is 5.92 Å². The lowest BCUT2D eigenvalue weighted by molar-refractivity contribution is -0.0265. The molecule has 10 heteroatoms. The predicted molar refractivity (Wildman–Crippen MR) is 109 cm³/mol. The molecule has 1 aliphatic heterocycles. The zero-order chi connectivity index (χ0) is 21.5. The van der Waals surface area contributed by atoms with Crippen molar-refractivity contribution < 1.29 is 23.0 Å². The molecule has 2 aromatic rings. The second-order valence-electron chi connectivity index (χ2n) is 8.36. The third kappa shape index (κ3) is 4.80. The van der Waals surface area contributed by atoms with E-state index in [-0.39, 0.29) is 24.8 Å². The van der Waals surface area contributed by atoms with E-state index in [9.17, 15) is 13.6 Å². The first-order valence-electron chi connectivity index (χ1n) is 9.81. The third-order valence-electron chi connectivity index (χ3n) is 4.92. The minimum Gasteiger partial charge on any atom is -0.476 e. The quantitative estimate of drug-likeness (QED) is 0.701. The molecule has 7 nitrogen and oxygen atoms in total. The average molecular weight is 439 g/mol. The third-order valence-corrected chi connectivity index (χ3v) is 6.16. The summed E-state index contributed by atoms with van der Waals surface area (Å²) in [4.78, 5) is 23.5. The van der Waals surface area contributed by atoms with E-state index in [0.29, 0.717) is 18.2 Å². The van der Waals surface area contributed by atoms with Crippen LogP contribution in [-0.4, -0.2) is 41.7 Å². The number of aryl methyl sites for hydroxylation is 1. The Balaban J connectivity index is 1.45. The summed E-state index contributed by atoms with van der Waals surface area (Å²) < 4.78 is 37.7. The van der Waals surface area contributed by atoms with Gasteiger partial charge in [-0.05, 0) is 45.6 Å². The van der Waals surface area contributed by atoms with E-state index in [0.717, 1.165) is 22.7 Å². The molecule has 2 aliphatic rings. The Morgan fingerprint density at radius 3 is 2.70 bits per heavy atom. The van der Waals surface area contributed by atoms with Gasteiger partial charge in [0.15, 0.2) is 0 Å². The highest BCUT2D eigenvalue weighted by Crippen LogP contribution is 2.38. The summed E-state index contributed by atoms with van der Waals surface area (Å²) in [5.41, 5.74) is -0.238. The van der Waals surface area contributed by atoms with Gasteiger partial charge in [0.05, 0.1) is 25.2 Å². The molecule has 1 saturated heterocycles. The topological polar surface area (TPSA) is 76.6 Å². The van der Waals surface area contributed by atoms with Crippen LogP contribution in [0, 0.1) is 12.8 Å². The van der Waals surface area contributed by atoms with E-state index in [4.69, 9.17) is 9.47 Å². The molecule has 0 spiro atoms. The maximum atomic E-state index is 13.3. The number of nitrogens with one attached hydrogen (secondary N) is 1. The van der Waals surface area contributed by atoms with Crippen molar-refractivity contribution in [2.45, 2.75) is 45.1 Å². The van der Waals surface area contributed by atoms with Crippen molar-refractivity contribution in [3.8, 4) is 11.8 Å². The number of halogens is 2. The lowest BCUT2D eigenvalue weighted by Crippen LogP contribution is -2.56. The van der Waals surface area contributed by atoms with Gasteiger partial charge in [0.1, 0.15) is 10.7 Å². The maximum Gasteiger partial charge on any atom is 0.414 e. The van der Waals surface area contributed by atoms with Gasteiger partial charge in [-0.2, -0.15) is 4.98 Å². The Kier molecular flexibility index (Phi) is 5.29. The first-order valence-corrected chi connectivity index (χ1v) is 10.6. The summed E-state index contributed by atoms with van der Waals surface area (Å²) in [5.74, 6) is -1.99. The number of hydrogen-bond donors (Lipinski definition) is 1. The van der Waals surface area contributed by atoms with Crippen molar-refractivity contribution in [3.63, 3.8) is 0 Å². The van der Waals surface area contributed by atoms with Crippen LogP contribution in [0.1, 0.15) is 36.6 Å². The van der Waals surface area contributed by atoms with Crippen LogP contribution in [0.4, 0.5) is 19.3 Å². The van der Waals surface area contributed by atoms with Gasteiger partial charge in [-0.15, -0.1) is 11.3 Å². The van der Waals surface area contributed by atoms with E-state index in [1.54, 1.807) is 12.3 Å². The first-order chi connectivity index (χ1) is 14.1. The minimum absolute atomic E-state index is 0.0421. The number of alkyl halides is 2. The number of anilines is 1. The zero-order valence-electron chi connectivity index (χ0n) is 17.1. The second-order valence-corrected chi connectivity index (χ2v) is 9.59. The molecule has 0 unspecified atom stereocenters. The summed E-state index contributed by atoms with van der Waals surface area (Å²) in [6.07, 6.45) is 3.23. The molecular weight excluding hydrogens is 414 g/mol. The van der Waals surface area contributed by atoms with Crippen LogP contribution in [0.25, 0.3) is 0 Å². The fourth-order valence-corrected chi connectivity index (χ4v) is 3.88. The summed E-state index contributed by atoms with van der Waals surface area (Å²) in [5, 5.41) is 3.54. The molecule has 30 heavy (non-hydrogen) atoms. The van der Waals surface area contributed by atoms with Gasteiger partial charge in [-0.1, -0.05) is 0 Å². The highest BCUT2D eigenvalue weighted by molar-refractivity contribution is 7.11.